The van der Waals surface area contributed by atoms with Gasteiger partial charge < -0.3 is 5.32 Å². The van der Waals surface area contributed by atoms with Gasteiger partial charge in [0, 0.05) is 17.1 Å². The van der Waals surface area contributed by atoms with E-state index in [1.807, 2.05) is 19.2 Å². The van der Waals surface area contributed by atoms with Crippen molar-refractivity contribution in [2.24, 2.45) is 0 Å². The SMILES string of the molecule is C=C(C)/C(=C\SC)C(=O)c1c(Cl)ccc(Br)c1NC. The normalized spacial score (nSPS) is 11.3. The first-order valence-corrected chi connectivity index (χ1v) is 7.99. The van der Waals surface area contributed by atoms with E-state index in [0.717, 1.165) is 10.0 Å². The van der Waals surface area contributed by atoms with Crippen molar-refractivity contribution >= 4 is 50.8 Å². The zero-order chi connectivity index (χ0) is 14.6. The molecular weight excluding hydrogens is 346 g/mol. The van der Waals surface area contributed by atoms with Crippen LogP contribution in [0, 0.1) is 0 Å². The lowest BCUT2D eigenvalue weighted by molar-refractivity contribution is 0.103. The number of hydrogen-bond acceptors (Lipinski definition) is 3. The van der Waals surface area contributed by atoms with Gasteiger partial charge in [0.25, 0.3) is 0 Å². The summed E-state index contributed by atoms with van der Waals surface area (Å²) in [5, 5.41) is 5.22. The molecule has 1 N–H and O–H groups in total. The van der Waals surface area contributed by atoms with Gasteiger partial charge >= 0.3 is 0 Å². The molecule has 2 nitrogen and oxygen atoms in total. The molecule has 0 amide bonds. The third-order valence-electron chi connectivity index (χ3n) is 2.52. The van der Waals surface area contributed by atoms with E-state index >= 15 is 0 Å². The van der Waals surface area contributed by atoms with Crippen LogP contribution in [0.25, 0.3) is 0 Å². The molecule has 1 aromatic rings. The van der Waals surface area contributed by atoms with Crippen molar-refractivity contribution in [2.75, 3.05) is 18.6 Å². The number of Topliss-reactive ketones (excluding diaryl/α,β-unsaturated/α-hetero) is 1. The van der Waals surface area contributed by atoms with Gasteiger partial charge in [0.05, 0.1) is 16.3 Å². The lowest BCUT2D eigenvalue weighted by Gasteiger charge is -2.14. The lowest BCUT2D eigenvalue weighted by atomic mass is 9.98. The zero-order valence-electron chi connectivity index (χ0n) is 11.0. The Labute approximate surface area is 131 Å². The van der Waals surface area contributed by atoms with Crippen LogP contribution in [0.1, 0.15) is 17.3 Å². The maximum atomic E-state index is 12.6. The quantitative estimate of drug-likeness (QED) is 0.447. The van der Waals surface area contributed by atoms with Crippen LogP contribution >= 0.6 is 39.3 Å². The first-order valence-electron chi connectivity index (χ1n) is 5.53. The molecule has 5 heteroatoms. The van der Waals surface area contributed by atoms with Crippen molar-refractivity contribution in [1.82, 2.24) is 0 Å². The van der Waals surface area contributed by atoms with Crippen LogP contribution in [0.15, 0.2) is 39.7 Å². The number of halogens is 2. The fourth-order valence-electron chi connectivity index (χ4n) is 1.62. The number of anilines is 1. The summed E-state index contributed by atoms with van der Waals surface area (Å²) in [4.78, 5) is 12.6. The van der Waals surface area contributed by atoms with Crippen LogP contribution < -0.4 is 5.32 Å². The Morgan fingerprint density at radius 3 is 2.63 bits per heavy atom. The molecule has 0 saturated heterocycles. The molecule has 0 saturated carbocycles. The number of carbonyl (C=O) groups is 1. The van der Waals surface area contributed by atoms with E-state index in [4.69, 9.17) is 11.6 Å². The number of benzene rings is 1. The van der Waals surface area contributed by atoms with Gasteiger partial charge in [0.15, 0.2) is 5.78 Å². The van der Waals surface area contributed by atoms with Crippen LogP contribution in [0.4, 0.5) is 5.69 Å². The van der Waals surface area contributed by atoms with Crippen LogP contribution in [-0.2, 0) is 0 Å². The first-order chi connectivity index (χ1) is 8.93. The monoisotopic (exact) mass is 359 g/mol. The summed E-state index contributed by atoms with van der Waals surface area (Å²) in [5.74, 6) is -0.127. The second kappa shape index (κ2) is 7.17. The fourth-order valence-corrected chi connectivity index (χ4v) is 2.93. The van der Waals surface area contributed by atoms with E-state index < -0.39 is 0 Å². The van der Waals surface area contributed by atoms with Crippen molar-refractivity contribution in [3.05, 3.63) is 50.3 Å². The standard InChI is InChI=1S/C14H15BrClNOS/c1-8(2)9(7-19-4)14(18)12-11(16)6-5-10(15)13(12)17-3/h5-7,17H,1H2,2-4H3/b9-7+. The van der Waals surface area contributed by atoms with Gasteiger partial charge in [-0.15, -0.1) is 11.8 Å². The molecule has 0 aliphatic carbocycles. The molecule has 0 atom stereocenters. The van der Waals surface area contributed by atoms with Crippen LogP contribution in [0.5, 0.6) is 0 Å². The van der Waals surface area contributed by atoms with Crippen molar-refractivity contribution in [3.8, 4) is 0 Å². The van der Waals surface area contributed by atoms with E-state index in [-0.39, 0.29) is 5.78 Å². The smallest absolute Gasteiger partial charge is 0.197 e. The summed E-state index contributed by atoms with van der Waals surface area (Å²) in [7, 11) is 1.76. The first kappa shape index (κ1) is 16.3. The largest absolute Gasteiger partial charge is 0.387 e. The minimum atomic E-state index is -0.127. The minimum absolute atomic E-state index is 0.127. The molecule has 0 aliphatic heterocycles. The number of nitrogens with one attached hydrogen (secondary N) is 1. The molecule has 0 aliphatic rings. The van der Waals surface area contributed by atoms with E-state index in [1.54, 1.807) is 18.5 Å². The van der Waals surface area contributed by atoms with E-state index in [9.17, 15) is 4.79 Å². The summed E-state index contributed by atoms with van der Waals surface area (Å²) < 4.78 is 0.799. The summed E-state index contributed by atoms with van der Waals surface area (Å²) in [6.07, 6.45) is 1.90. The number of hydrogen-bond donors (Lipinski definition) is 1. The summed E-state index contributed by atoms with van der Waals surface area (Å²) in [6, 6.07) is 3.51. The fraction of sp³-hybridized carbons (Fsp3) is 0.214. The minimum Gasteiger partial charge on any atom is -0.387 e. The lowest BCUT2D eigenvalue weighted by Crippen LogP contribution is -2.09. The van der Waals surface area contributed by atoms with Crippen molar-refractivity contribution in [1.29, 1.82) is 0 Å². The van der Waals surface area contributed by atoms with Crippen molar-refractivity contribution in [2.45, 2.75) is 6.92 Å². The molecule has 0 spiro atoms. The van der Waals surface area contributed by atoms with Gasteiger partial charge in [0.2, 0.25) is 0 Å². The third-order valence-corrected chi connectivity index (χ3v) is 3.97. The van der Waals surface area contributed by atoms with Gasteiger partial charge in [-0.1, -0.05) is 18.2 Å². The Balaban J connectivity index is 3.45. The molecule has 0 aromatic heterocycles. The van der Waals surface area contributed by atoms with Crippen LogP contribution in [0.2, 0.25) is 5.02 Å². The summed E-state index contributed by atoms with van der Waals surface area (Å²) in [6.45, 7) is 5.66. The van der Waals surface area contributed by atoms with Crippen molar-refractivity contribution < 1.29 is 4.79 Å². The molecule has 1 rings (SSSR count). The molecule has 102 valence electrons. The highest BCUT2D eigenvalue weighted by Gasteiger charge is 2.21. The highest BCUT2D eigenvalue weighted by Crippen LogP contribution is 2.34. The molecule has 1 aromatic carbocycles. The second-order valence-electron chi connectivity index (χ2n) is 3.91. The number of thioether (sulfide) groups is 1. The van der Waals surface area contributed by atoms with Crippen molar-refractivity contribution in [3.63, 3.8) is 0 Å². The number of carbonyl (C=O) groups excluding carboxylic acids is 1. The molecule has 0 unspecified atom stereocenters. The average molecular weight is 361 g/mol. The highest BCUT2D eigenvalue weighted by molar-refractivity contribution is 9.10. The molecular formula is C14H15BrClNOS. The summed E-state index contributed by atoms with van der Waals surface area (Å²) >= 11 is 11.1. The predicted molar refractivity (Wildman–Crippen MR) is 89.4 cm³/mol. The predicted octanol–water partition coefficient (Wildman–Crippen LogP) is 5.15. The van der Waals surface area contributed by atoms with Gasteiger partial charge in [-0.05, 0) is 52.2 Å². The number of rotatable bonds is 5. The Morgan fingerprint density at radius 2 is 2.16 bits per heavy atom. The van der Waals surface area contributed by atoms with E-state index in [2.05, 4.69) is 27.8 Å². The average Bonchev–Trinajstić information content (AvgIpc) is 2.37. The second-order valence-corrected chi connectivity index (χ2v) is 5.87. The van der Waals surface area contributed by atoms with Gasteiger partial charge in [-0.2, -0.15) is 0 Å². The third kappa shape index (κ3) is 3.65. The maximum absolute atomic E-state index is 12.6. The Morgan fingerprint density at radius 1 is 1.53 bits per heavy atom. The molecule has 0 bridgehead atoms. The Hall–Kier alpha value is -0.710. The molecule has 19 heavy (non-hydrogen) atoms. The molecule has 0 radical (unpaired) electrons. The van der Waals surface area contributed by atoms with E-state index in [1.165, 1.54) is 11.8 Å². The summed E-state index contributed by atoms with van der Waals surface area (Å²) in [5.41, 5.74) is 2.44. The van der Waals surface area contributed by atoms with Gasteiger partial charge in [0.1, 0.15) is 0 Å². The zero-order valence-corrected chi connectivity index (χ0v) is 14.2. The Kier molecular flexibility index (Phi) is 6.17. The number of ketones is 1. The topological polar surface area (TPSA) is 29.1 Å². The molecule has 0 heterocycles. The van der Waals surface area contributed by atoms with Crippen LogP contribution in [-0.4, -0.2) is 19.1 Å². The van der Waals surface area contributed by atoms with Gasteiger partial charge in [-0.3, -0.25) is 4.79 Å². The Bertz CT molecular complexity index is 555. The highest BCUT2D eigenvalue weighted by atomic mass is 79.9. The number of allylic oxidation sites excluding steroid dienone is 2. The molecule has 0 fully saturated rings. The maximum Gasteiger partial charge on any atom is 0.197 e. The van der Waals surface area contributed by atoms with Gasteiger partial charge in [-0.25, -0.2) is 0 Å². The van der Waals surface area contributed by atoms with Crippen LogP contribution in [0.3, 0.4) is 0 Å². The van der Waals surface area contributed by atoms with E-state index in [0.29, 0.717) is 21.8 Å².